The average Bonchev–Trinajstić information content (AvgIpc) is 2.69. The molecule has 0 saturated heterocycles. The summed E-state index contributed by atoms with van der Waals surface area (Å²) in [6.45, 7) is 1.66. The van der Waals surface area contributed by atoms with Gasteiger partial charge in [-0.1, -0.05) is 24.3 Å². The van der Waals surface area contributed by atoms with E-state index in [4.69, 9.17) is 4.74 Å². The van der Waals surface area contributed by atoms with Gasteiger partial charge in [0.25, 0.3) is 0 Å². The van der Waals surface area contributed by atoms with Crippen LogP contribution in [0.1, 0.15) is 36.8 Å². The number of aryl methyl sites for hydroxylation is 2. The SMILES string of the molecule is S=C=Nc1ccc(CCCCOCCCCc2ccc(N=C=S)cc2)cc1. The first-order chi connectivity index (χ1) is 13.3. The largest absolute Gasteiger partial charge is 0.381 e. The number of aliphatic imine (C=N–C) groups is 2. The lowest BCUT2D eigenvalue weighted by Crippen LogP contribution is -1.99. The lowest BCUT2D eigenvalue weighted by molar-refractivity contribution is 0.127. The molecular formula is C22H24N2OS2. The molecular weight excluding hydrogens is 372 g/mol. The summed E-state index contributed by atoms with van der Waals surface area (Å²) in [6.07, 6.45) is 6.56. The Morgan fingerprint density at radius 2 is 1.04 bits per heavy atom. The van der Waals surface area contributed by atoms with Crippen LogP contribution in [0.5, 0.6) is 0 Å². The molecule has 0 fully saturated rings. The third-order valence-corrected chi connectivity index (χ3v) is 4.41. The first-order valence-corrected chi connectivity index (χ1v) is 10.0. The van der Waals surface area contributed by atoms with E-state index < -0.39 is 0 Å². The van der Waals surface area contributed by atoms with Crippen molar-refractivity contribution in [1.29, 1.82) is 0 Å². The second-order valence-corrected chi connectivity index (χ2v) is 6.63. The summed E-state index contributed by atoms with van der Waals surface area (Å²) in [5, 5.41) is 4.77. The number of hydrogen-bond acceptors (Lipinski definition) is 5. The van der Waals surface area contributed by atoms with E-state index in [1.54, 1.807) is 0 Å². The first kappa shape index (κ1) is 21.3. The van der Waals surface area contributed by atoms with Gasteiger partial charge in [-0.2, -0.15) is 9.98 Å². The van der Waals surface area contributed by atoms with Gasteiger partial charge in [0, 0.05) is 13.2 Å². The number of isothiocyanates is 2. The molecule has 0 aliphatic heterocycles. The van der Waals surface area contributed by atoms with Crippen LogP contribution in [0.25, 0.3) is 0 Å². The third-order valence-electron chi connectivity index (χ3n) is 4.23. The van der Waals surface area contributed by atoms with E-state index in [0.717, 1.165) is 63.1 Å². The second-order valence-electron chi connectivity index (χ2n) is 6.27. The Kier molecular flexibility index (Phi) is 10.4. The zero-order valence-corrected chi connectivity index (χ0v) is 17.0. The van der Waals surface area contributed by atoms with E-state index in [9.17, 15) is 0 Å². The number of hydrogen-bond donors (Lipinski definition) is 0. The molecule has 0 atom stereocenters. The summed E-state index contributed by atoms with van der Waals surface area (Å²) < 4.78 is 5.74. The topological polar surface area (TPSA) is 34.0 Å². The second kappa shape index (κ2) is 13.2. The van der Waals surface area contributed by atoms with Crippen molar-refractivity contribution in [2.24, 2.45) is 9.98 Å². The van der Waals surface area contributed by atoms with Crippen molar-refractivity contribution in [3.63, 3.8) is 0 Å². The molecule has 0 heterocycles. The lowest BCUT2D eigenvalue weighted by atomic mass is 10.1. The van der Waals surface area contributed by atoms with Crippen LogP contribution in [0.2, 0.25) is 0 Å². The molecule has 2 rings (SSSR count). The minimum atomic E-state index is 0.831. The van der Waals surface area contributed by atoms with E-state index in [0.29, 0.717) is 0 Å². The van der Waals surface area contributed by atoms with Gasteiger partial charge in [-0.15, -0.1) is 0 Å². The molecule has 0 bridgehead atoms. The predicted molar refractivity (Wildman–Crippen MR) is 119 cm³/mol. The molecule has 0 amide bonds. The molecule has 0 spiro atoms. The monoisotopic (exact) mass is 396 g/mol. The Morgan fingerprint density at radius 3 is 1.41 bits per heavy atom. The van der Waals surface area contributed by atoms with Gasteiger partial charge in [0.15, 0.2) is 0 Å². The minimum absolute atomic E-state index is 0.831. The molecule has 0 radical (unpaired) electrons. The van der Waals surface area contributed by atoms with Crippen molar-refractivity contribution in [2.45, 2.75) is 38.5 Å². The highest BCUT2D eigenvalue weighted by molar-refractivity contribution is 7.78. The van der Waals surface area contributed by atoms with E-state index >= 15 is 0 Å². The summed E-state index contributed by atoms with van der Waals surface area (Å²) in [5.74, 6) is 0. The Morgan fingerprint density at radius 1 is 0.630 bits per heavy atom. The van der Waals surface area contributed by atoms with Gasteiger partial charge >= 0.3 is 0 Å². The number of benzene rings is 2. The van der Waals surface area contributed by atoms with Crippen LogP contribution < -0.4 is 0 Å². The van der Waals surface area contributed by atoms with Crippen molar-refractivity contribution in [1.82, 2.24) is 0 Å². The quantitative estimate of drug-likeness (QED) is 0.233. The molecule has 5 heteroatoms. The van der Waals surface area contributed by atoms with Crippen LogP contribution >= 0.6 is 24.4 Å². The fourth-order valence-corrected chi connectivity index (χ4v) is 2.96. The maximum Gasteiger partial charge on any atom is 0.0739 e. The lowest BCUT2D eigenvalue weighted by Gasteiger charge is -2.05. The molecule has 2 aromatic rings. The van der Waals surface area contributed by atoms with E-state index in [-0.39, 0.29) is 0 Å². The van der Waals surface area contributed by atoms with Gasteiger partial charge in [-0.05, 0) is 98.4 Å². The molecule has 0 aliphatic rings. The summed E-state index contributed by atoms with van der Waals surface area (Å²) in [4.78, 5) is 7.92. The fraction of sp³-hybridized carbons (Fsp3) is 0.364. The molecule has 0 aliphatic carbocycles. The summed E-state index contributed by atoms with van der Waals surface area (Å²) >= 11 is 9.21. The maximum absolute atomic E-state index is 5.74. The zero-order valence-electron chi connectivity index (χ0n) is 15.4. The van der Waals surface area contributed by atoms with Gasteiger partial charge in [0.1, 0.15) is 0 Å². The van der Waals surface area contributed by atoms with Crippen molar-refractivity contribution in [3.05, 3.63) is 59.7 Å². The highest BCUT2D eigenvalue weighted by Crippen LogP contribution is 2.15. The maximum atomic E-state index is 5.74. The molecule has 2 aromatic carbocycles. The smallest absolute Gasteiger partial charge is 0.0739 e. The Bertz CT molecular complexity index is 707. The van der Waals surface area contributed by atoms with Gasteiger partial charge in [0.2, 0.25) is 0 Å². The predicted octanol–water partition coefficient (Wildman–Crippen LogP) is 6.52. The Labute approximate surface area is 172 Å². The third kappa shape index (κ3) is 8.96. The Balaban J connectivity index is 1.48. The first-order valence-electron chi connectivity index (χ1n) is 9.23. The van der Waals surface area contributed by atoms with Crippen LogP contribution in [0.4, 0.5) is 11.4 Å². The fourth-order valence-electron chi connectivity index (χ4n) is 2.75. The molecule has 0 unspecified atom stereocenters. The van der Waals surface area contributed by atoms with Crippen LogP contribution in [0, 0.1) is 0 Å². The number of unbranched alkanes of at least 4 members (excludes halogenated alkanes) is 2. The molecule has 0 aromatic heterocycles. The van der Waals surface area contributed by atoms with E-state index in [1.807, 2.05) is 24.3 Å². The van der Waals surface area contributed by atoms with Crippen molar-refractivity contribution >= 4 is 46.1 Å². The molecule has 0 saturated carbocycles. The van der Waals surface area contributed by atoms with Crippen molar-refractivity contribution < 1.29 is 4.74 Å². The van der Waals surface area contributed by atoms with Crippen LogP contribution in [0.15, 0.2) is 58.5 Å². The average molecular weight is 397 g/mol. The summed E-state index contributed by atoms with van der Waals surface area (Å²) in [6, 6.07) is 16.3. The highest BCUT2D eigenvalue weighted by atomic mass is 32.1. The summed E-state index contributed by atoms with van der Waals surface area (Å²) in [7, 11) is 0. The number of rotatable bonds is 12. The van der Waals surface area contributed by atoms with Gasteiger partial charge in [-0.25, -0.2) is 0 Å². The Hall–Kier alpha value is -2.00. The molecule has 0 N–H and O–H groups in total. The van der Waals surface area contributed by atoms with Crippen LogP contribution in [0.3, 0.4) is 0 Å². The van der Waals surface area contributed by atoms with E-state index in [1.165, 1.54) is 11.1 Å². The highest BCUT2D eigenvalue weighted by Gasteiger charge is 1.97. The molecule has 3 nitrogen and oxygen atoms in total. The van der Waals surface area contributed by atoms with E-state index in [2.05, 4.69) is 69.0 Å². The van der Waals surface area contributed by atoms with Gasteiger partial charge in [0.05, 0.1) is 21.7 Å². The summed E-state index contributed by atoms with van der Waals surface area (Å²) in [5.41, 5.74) is 4.36. The number of nitrogens with zero attached hydrogens (tertiary/aromatic N) is 2. The van der Waals surface area contributed by atoms with Crippen molar-refractivity contribution in [2.75, 3.05) is 13.2 Å². The number of ether oxygens (including phenoxy) is 1. The molecule has 140 valence electrons. The number of thiocarbonyl (C=S) groups is 2. The normalized spacial score (nSPS) is 10.1. The van der Waals surface area contributed by atoms with Crippen LogP contribution in [-0.2, 0) is 17.6 Å². The van der Waals surface area contributed by atoms with Gasteiger partial charge < -0.3 is 4.74 Å². The van der Waals surface area contributed by atoms with Crippen LogP contribution in [-0.4, -0.2) is 23.5 Å². The van der Waals surface area contributed by atoms with Gasteiger partial charge in [-0.3, -0.25) is 0 Å². The molecule has 27 heavy (non-hydrogen) atoms. The standard InChI is InChI=1S/C22H24N2OS2/c26-17-23-21-11-7-19(8-12-21)5-1-3-15-25-16-4-2-6-20-9-13-22(14-10-20)24-18-27/h7-14H,1-6,15-16H2. The van der Waals surface area contributed by atoms with Crippen molar-refractivity contribution in [3.8, 4) is 0 Å². The minimum Gasteiger partial charge on any atom is -0.381 e. The zero-order chi connectivity index (χ0) is 19.2.